The maximum atomic E-state index is 12.1. The fraction of sp³-hybridized carbons (Fsp3) is 0.909. The number of rotatable bonds is 5. The number of hydrogen-bond donors (Lipinski definition) is 1. The molecule has 1 N–H and O–H groups in total. The second-order valence-electron chi connectivity index (χ2n) is 4.46. The molecule has 17 heavy (non-hydrogen) atoms. The SMILES string of the molecule is CCN(CC1CCNCC1)S(=O)(=O)C(C)C#N. The topological polar surface area (TPSA) is 73.2 Å². The van der Waals surface area contributed by atoms with Crippen LogP contribution in [0.4, 0.5) is 0 Å². The minimum atomic E-state index is -3.45. The predicted molar refractivity (Wildman–Crippen MR) is 66.8 cm³/mol. The van der Waals surface area contributed by atoms with Crippen molar-refractivity contribution in [2.45, 2.75) is 31.9 Å². The van der Waals surface area contributed by atoms with E-state index in [0.29, 0.717) is 19.0 Å². The van der Waals surface area contributed by atoms with Gasteiger partial charge in [0, 0.05) is 13.1 Å². The lowest BCUT2D eigenvalue weighted by molar-refractivity contribution is 0.293. The summed E-state index contributed by atoms with van der Waals surface area (Å²) < 4.78 is 25.6. The van der Waals surface area contributed by atoms with Gasteiger partial charge in [-0.1, -0.05) is 6.92 Å². The Morgan fingerprint density at radius 2 is 2.06 bits per heavy atom. The van der Waals surface area contributed by atoms with Crippen molar-refractivity contribution in [3.63, 3.8) is 0 Å². The molecule has 98 valence electrons. The van der Waals surface area contributed by atoms with E-state index in [0.717, 1.165) is 25.9 Å². The number of nitrogens with zero attached hydrogens (tertiary/aromatic N) is 2. The first-order chi connectivity index (χ1) is 8.02. The van der Waals surface area contributed by atoms with E-state index in [1.165, 1.54) is 11.2 Å². The number of hydrogen-bond acceptors (Lipinski definition) is 4. The molecule has 1 aliphatic rings. The Hall–Kier alpha value is -0.640. The second-order valence-corrected chi connectivity index (χ2v) is 6.71. The molecule has 1 unspecified atom stereocenters. The van der Waals surface area contributed by atoms with Gasteiger partial charge in [0.2, 0.25) is 10.0 Å². The highest BCUT2D eigenvalue weighted by Gasteiger charge is 2.29. The standard InChI is InChI=1S/C11H21N3O2S/c1-3-14(17(15,16)10(2)8-12)9-11-4-6-13-7-5-11/h10-11,13H,3-7,9H2,1-2H3. The van der Waals surface area contributed by atoms with Gasteiger partial charge in [0.25, 0.3) is 0 Å². The largest absolute Gasteiger partial charge is 0.317 e. The quantitative estimate of drug-likeness (QED) is 0.782. The maximum absolute atomic E-state index is 12.1. The molecule has 0 amide bonds. The lowest BCUT2D eigenvalue weighted by Crippen LogP contribution is -2.42. The first-order valence-electron chi connectivity index (χ1n) is 6.11. The van der Waals surface area contributed by atoms with Crippen LogP contribution in [-0.2, 0) is 10.0 Å². The summed E-state index contributed by atoms with van der Waals surface area (Å²) >= 11 is 0. The average molecular weight is 259 g/mol. The van der Waals surface area contributed by atoms with Crippen LogP contribution >= 0.6 is 0 Å². The third-order valence-corrected chi connectivity index (χ3v) is 5.39. The van der Waals surface area contributed by atoms with Gasteiger partial charge in [0.1, 0.15) is 0 Å². The summed E-state index contributed by atoms with van der Waals surface area (Å²) in [7, 11) is -3.45. The molecule has 0 bridgehead atoms. The predicted octanol–water partition coefficient (Wildman–Crippen LogP) is 0.550. The molecule has 0 spiro atoms. The fourth-order valence-electron chi connectivity index (χ4n) is 2.06. The number of nitrogens with one attached hydrogen (secondary N) is 1. The number of nitriles is 1. The van der Waals surface area contributed by atoms with Crippen LogP contribution < -0.4 is 5.32 Å². The Kier molecular flexibility index (Phi) is 5.37. The summed E-state index contributed by atoms with van der Waals surface area (Å²) in [6.07, 6.45) is 2.01. The molecule has 0 saturated carbocycles. The highest BCUT2D eigenvalue weighted by molar-refractivity contribution is 7.89. The van der Waals surface area contributed by atoms with Gasteiger partial charge in [-0.15, -0.1) is 0 Å². The zero-order chi connectivity index (χ0) is 12.9. The molecule has 0 aliphatic carbocycles. The number of piperidine rings is 1. The Balaban J connectivity index is 2.68. The lowest BCUT2D eigenvalue weighted by atomic mass is 9.98. The van der Waals surface area contributed by atoms with Crippen molar-refractivity contribution in [2.24, 2.45) is 5.92 Å². The molecule has 5 nitrogen and oxygen atoms in total. The Labute approximate surface area is 104 Å². The van der Waals surface area contributed by atoms with Crippen molar-refractivity contribution in [2.75, 3.05) is 26.2 Å². The summed E-state index contributed by atoms with van der Waals surface area (Å²) in [6.45, 7) is 6.17. The number of sulfonamides is 1. The van der Waals surface area contributed by atoms with Gasteiger partial charge < -0.3 is 5.32 Å². The first-order valence-corrected chi connectivity index (χ1v) is 7.62. The van der Waals surface area contributed by atoms with Crippen molar-refractivity contribution in [3.05, 3.63) is 0 Å². The summed E-state index contributed by atoms with van der Waals surface area (Å²) in [4.78, 5) is 0. The molecule has 6 heteroatoms. The first kappa shape index (κ1) is 14.4. The Morgan fingerprint density at radius 3 is 2.53 bits per heavy atom. The van der Waals surface area contributed by atoms with E-state index < -0.39 is 15.3 Å². The Morgan fingerprint density at radius 1 is 1.47 bits per heavy atom. The van der Waals surface area contributed by atoms with Crippen molar-refractivity contribution >= 4 is 10.0 Å². The third-order valence-electron chi connectivity index (χ3n) is 3.26. The van der Waals surface area contributed by atoms with Crippen molar-refractivity contribution < 1.29 is 8.42 Å². The molecule has 1 saturated heterocycles. The second kappa shape index (κ2) is 6.34. The van der Waals surface area contributed by atoms with Gasteiger partial charge in [0.05, 0.1) is 6.07 Å². The molecule has 0 aromatic rings. The van der Waals surface area contributed by atoms with Crippen LogP contribution in [-0.4, -0.2) is 44.2 Å². The van der Waals surface area contributed by atoms with E-state index >= 15 is 0 Å². The van der Waals surface area contributed by atoms with E-state index in [4.69, 9.17) is 5.26 Å². The van der Waals surface area contributed by atoms with Gasteiger partial charge in [-0.3, -0.25) is 0 Å². The van der Waals surface area contributed by atoms with Gasteiger partial charge in [-0.25, -0.2) is 12.7 Å². The Bertz CT molecular complexity index is 369. The van der Waals surface area contributed by atoms with Crippen LogP contribution in [0.1, 0.15) is 26.7 Å². The van der Waals surface area contributed by atoms with Gasteiger partial charge in [-0.2, -0.15) is 5.26 Å². The highest BCUT2D eigenvalue weighted by Crippen LogP contribution is 2.17. The van der Waals surface area contributed by atoms with Crippen LogP contribution in [0.25, 0.3) is 0 Å². The molecule has 1 atom stereocenters. The molecular weight excluding hydrogens is 238 g/mol. The van der Waals surface area contributed by atoms with E-state index in [2.05, 4.69) is 5.32 Å². The average Bonchev–Trinajstić information content (AvgIpc) is 2.35. The van der Waals surface area contributed by atoms with Gasteiger partial charge in [0.15, 0.2) is 5.25 Å². The summed E-state index contributed by atoms with van der Waals surface area (Å²) in [5.41, 5.74) is 0. The molecule has 1 rings (SSSR count). The van der Waals surface area contributed by atoms with Crippen LogP contribution in [0.3, 0.4) is 0 Å². The third kappa shape index (κ3) is 3.66. The summed E-state index contributed by atoms with van der Waals surface area (Å²) in [5.74, 6) is 0.414. The molecule has 0 radical (unpaired) electrons. The fourth-order valence-corrected chi connectivity index (χ4v) is 3.41. The van der Waals surface area contributed by atoms with E-state index in [-0.39, 0.29) is 0 Å². The van der Waals surface area contributed by atoms with E-state index in [1.807, 2.05) is 13.0 Å². The maximum Gasteiger partial charge on any atom is 0.230 e. The summed E-state index contributed by atoms with van der Waals surface area (Å²) in [5, 5.41) is 11.1. The minimum absolute atomic E-state index is 0.414. The minimum Gasteiger partial charge on any atom is -0.317 e. The highest BCUT2D eigenvalue weighted by atomic mass is 32.2. The lowest BCUT2D eigenvalue weighted by Gasteiger charge is -2.29. The molecule has 1 aliphatic heterocycles. The smallest absolute Gasteiger partial charge is 0.230 e. The van der Waals surface area contributed by atoms with Crippen LogP contribution in [0.5, 0.6) is 0 Å². The van der Waals surface area contributed by atoms with Gasteiger partial charge in [-0.05, 0) is 38.8 Å². The zero-order valence-corrected chi connectivity index (χ0v) is 11.3. The van der Waals surface area contributed by atoms with Crippen molar-refractivity contribution in [3.8, 4) is 6.07 Å². The normalized spacial score (nSPS) is 20.1. The van der Waals surface area contributed by atoms with Crippen molar-refractivity contribution in [1.29, 1.82) is 5.26 Å². The van der Waals surface area contributed by atoms with E-state index in [9.17, 15) is 8.42 Å². The van der Waals surface area contributed by atoms with Crippen molar-refractivity contribution in [1.82, 2.24) is 9.62 Å². The zero-order valence-electron chi connectivity index (χ0n) is 10.5. The molecule has 0 aromatic carbocycles. The monoisotopic (exact) mass is 259 g/mol. The van der Waals surface area contributed by atoms with Crippen LogP contribution in [0, 0.1) is 17.2 Å². The van der Waals surface area contributed by atoms with Crippen LogP contribution in [0.2, 0.25) is 0 Å². The molecule has 1 heterocycles. The van der Waals surface area contributed by atoms with Gasteiger partial charge >= 0.3 is 0 Å². The molecular formula is C11H21N3O2S. The molecule has 1 fully saturated rings. The molecule has 0 aromatic heterocycles. The van der Waals surface area contributed by atoms with Crippen LogP contribution in [0.15, 0.2) is 0 Å². The van der Waals surface area contributed by atoms with E-state index in [1.54, 1.807) is 0 Å². The summed E-state index contributed by atoms with van der Waals surface area (Å²) in [6, 6.07) is 1.82.